The molecule has 4 nitrogen and oxygen atoms in total. The molecule has 0 amide bonds. The van der Waals surface area contributed by atoms with Crippen LogP contribution in [-0.2, 0) is 0 Å². The van der Waals surface area contributed by atoms with Crippen molar-refractivity contribution in [1.82, 2.24) is 14.8 Å². The van der Waals surface area contributed by atoms with Crippen LogP contribution >= 0.6 is 15.9 Å². The first-order valence-electron chi connectivity index (χ1n) is 7.69. The smallest absolute Gasteiger partial charge is 0.222 e. The molecule has 23 heavy (non-hydrogen) atoms. The van der Waals surface area contributed by atoms with E-state index in [1.54, 1.807) is 6.33 Å². The van der Waals surface area contributed by atoms with E-state index in [1.165, 1.54) is 16.7 Å². The average molecular weight is 369 g/mol. The van der Waals surface area contributed by atoms with E-state index in [2.05, 4.69) is 80.7 Å². The second kappa shape index (κ2) is 5.81. The largest absolute Gasteiger partial charge is 0.348 e. The monoisotopic (exact) mass is 368 g/mol. The Morgan fingerprint density at radius 2 is 1.96 bits per heavy atom. The lowest BCUT2D eigenvalue weighted by Crippen LogP contribution is -2.28. The van der Waals surface area contributed by atoms with Crippen molar-refractivity contribution in [1.29, 1.82) is 0 Å². The number of aryl methyl sites for hydroxylation is 1. The van der Waals surface area contributed by atoms with E-state index < -0.39 is 0 Å². The number of anilines is 1. The first-order chi connectivity index (χ1) is 11.2. The first kappa shape index (κ1) is 14.5. The minimum atomic E-state index is 0.178. The Morgan fingerprint density at radius 3 is 2.74 bits per heavy atom. The molecule has 1 aliphatic rings. The SMILES string of the molecule is Cc1ccc([C@@H]2C[C@H](c3cccc(Br)c3)n3ncnc3N2)cc1. The van der Waals surface area contributed by atoms with Crippen molar-refractivity contribution in [3.63, 3.8) is 0 Å². The van der Waals surface area contributed by atoms with Gasteiger partial charge in [-0.15, -0.1) is 0 Å². The van der Waals surface area contributed by atoms with Crippen LogP contribution in [0.15, 0.2) is 59.3 Å². The molecule has 2 heterocycles. The number of aromatic nitrogens is 3. The number of nitrogens with one attached hydrogen (secondary N) is 1. The molecule has 0 saturated heterocycles. The molecule has 0 unspecified atom stereocenters. The number of hydrogen-bond donors (Lipinski definition) is 1. The summed E-state index contributed by atoms with van der Waals surface area (Å²) in [6.45, 7) is 2.11. The summed E-state index contributed by atoms with van der Waals surface area (Å²) in [6, 6.07) is 17.5. The van der Waals surface area contributed by atoms with Gasteiger partial charge in [0, 0.05) is 4.47 Å². The highest BCUT2D eigenvalue weighted by Crippen LogP contribution is 2.37. The van der Waals surface area contributed by atoms with Gasteiger partial charge >= 0.3 is 0 Å². The lowest BCUT2D eigenvalue weighted by Gasteiger charge is -2.32. The quantitative estimate of drug-likeness (QED) is 0.724. The fourth-order valence-corrected chi connectivity index (χ4v) is 3.55. The van der Waals surface area contributed by atoms with Crippen LogP contribution in [-0.4, -0.2) is 14.8 Å². The second-order valence-corrected chi connectivity index (χ2v) is 6.86. The zero-order valence-corrected chi connectivity index (χ0v) is 14.4. The van der Waals surface area contributed by atoms with Crippen LogP contribution in [0.1, 0.15) is 35.2 Å². The van der Waals surface area contributed by atoms with Crippen molar-refractivity contribution in [2.75, 3.05) is 5.32 Å². The lowest BCUT2D eigenvalue weighted by molar-refractivity contribution is 0.430. The molecule has 1 aromatic heterocycles. The van der Waals surface area contributed by atoms with Gasteiger partial charge in [0.25, 0.3) is 0 Å². The van der Waals surface area contributed by atoms with Gasteiger partial charge in [0.05, 0.1) is 12.1 Å². The van der Waals surface area contributed by atoms with E-state index in [0.717, 1.165) is 16.8 Å². The van der Waals surface area contributed by atoms with E-state index >= 15 is 0 Å². The molecule has 4 rings (SSSR count). The third-order valence-electron chi connectivity index (χ3n) is 4.34. The molecule has 0 saturated carbocycles. The number of benzene rings is 2. The highest BCUT2D eigenvalue weighted by Gasteiger charge is 2.29. The molecule has 0 fully saturated rings. The summed E-state index contributed by atoms with van der Waals surface area (Å²) < 4.78 is 3.06. The summed E-state index contributed by atoms with van der Waals surface area (Å²) in [6.07, 6.45) is 2.56. The van der Waals surface area contributed by atoms with Gasteiger partial charge in [-0.2, -0.15) is 10.1 Å². The summed E-state index contributed by atoms with van der Waals surface area (Å²) in [7, 11) is 0. The minimum absolute atomic E-state index is 0.178. The number of hydrogen-bond acceptors (Lipinski definition) is 3. The molecule has 2 aromatic carbocycles. The van der Waals surface area contributed by atoms with Crippen molar-refractivity contribution in [3.05, 3.63) is 76.0 Å². The van der Waals surface area contributed by atoms with E-state index in [-0.39, 0.29) is 12.1 Å². The van der Waals surface area contributed by atoms with Gasteiger partial charge in [0.2, 0.25) is 5.95 Å². The Hall–Kier alpha value is -2.14. The van der Waals surface area contributed by atoms with Crippen LogP contribution < -0.4 is 5.32 Å². The Bertz CT molecular complexity index is 825. The van der Waals surface area contributed by atoms with Gasteiger partial charge < -0.3 is 5.32 Å². The summed E-state index contributed by atoms with van der Waals surface area (Å²) in [5.41, 5.74) is 3.80. The predicted octanol–water partition coefficient (Wildman–Crippen LogP) is 4.50. The molecule has 1 N–H and O–H groups in total. The van der Waals surface area contributed by atoms with Gasteiger partial charge in [-0.25, -0.2) is 4.68 Å². The third kappa shape index (κ3) is 2.77. The van der Waals surface area contributed by atoms with Crippen molar-refractivity contribution in [2.45, 2.75) is 25.4 Å². The van der Waals surface area contributed by atoms with E-state index in [9.17, 15) is 0 Å². The van der Waals surface area contributed by atoms with Crippen LogP contribution in [0.5, 0.6) is 0 Å². The third-order valence-corrected chi connectivity index (χ3v) is 4.84. The van der Waals surface area contributed by atoms with Crippen LogP contribution in [0.4, 0.5) is 5.95 Å². The highest BCUT2D eigenvalue weighted by atomic mass is 79.9. The fraction of sp³-hybridized carbons (Fsp3) is 0.222. The van der Waals surface area contributed by atoms with Crippen LogP contribution in [0.3, 0.4) is 0 Å². The van der Waals surface area contributed by atoms with Crippen molar-refractivity contribution in [3.8, 4) is 0 Å². The van der Waals surface area contributed by atoms with Gasteiger partial charge in [-0.1, -0.05) is 57.9 Å². The summed E-state index contributed by atoms with van der Waals surface area (Å²) in [5, 5.41) is 7.92. The Balaban J connectivity index is 1.73. The lowest BCUT2D eigenvalue weighted by atomic mass is 9.93. The van der Waals surface area contributed by atoms with Gasteiger partial charge in [-0.05, 0) is 36.6 Å². The Labute approximate surface area is 143 Å². The number of halogens is 1. The van der Waals surface area contributed by atoms with E-state index in [4.69, 9.17) is 0 Å². The highest BCUT2D eigenvalue weighted by molar-refractivity contribution is 9.10. The molecule has 116 valence electrons. The van der Waals surface area contributed by atoms with E-state index in [0.29, 0.717) is 0 Å². The molecular weight excluding hydrogens is 352 g/mol. The van der Waals surface area contributed by atoms with E-state index in [1.807, 2.05) is 10.7 Å². The predicted molar refractivity (Wildman–Crippen MR) is 94.5 cm³/mol. The van der Waals surface area contributed by atoms with Crippen LogP contribution in [0.2, 0.25) is 0 Å². The number of rotatable bonds is 2. The van der Waals surface area contributed by atoms with Gasteiger partial charge in [0.15, 0.2) is 0 Å². The molecule has 0 bridgehead atoms. The maximum Gasteiger partial charge on any atom is 0.222 e. The van der Waals surface area contributed by atoms with Crippen LogP contribution in [0, 0.1) is 6.92 Å². The molecule has 0 aliphatic carbocycles. The standard InChI is InChI=1S/C18H17BrN4/c1-12-5-7-13(8-6-12)16-10-17(14-3-2-4-15(19)9-14)23-18(22-16)20-11-21-23/h2-9,11,16-17H,10H2,1H3,(H,20,21,22)/t16-,17+/m0/s1. The maximum atomic E-state index is 4.41. The van der Waals surface area contributed by atoms with Gasteiger partial charge in [0.1, 0.15) is 6.33 Å². The minimum Gasteiger partial charge on any atom is -0.348 e. The van der Waals surface area contributed by atoms with Crippen molar-refractivity contribution >= 4 is 21.9 Å². The normalized spacial score (nSPS) is 19.9. The zero-order valence-electron chi connectivity index (χ0n) is 12.8. The van der Waals surface area contributed by atoms with Crippen molar-refractivity contribution < 1.29 is 0 Å². The molecule has 2 atom stereocenters. The maximum absolute atomic E-state index is 4.41. The van der Waals surface area contributed by atoms with Crippen molar-refractivity contribution in [2.24, 2.45) is 0 Å². The molecular formula is C18H17BrN4. The summed E-state index contributed by atoms with van der Waals surface area (Å²) >= 11 is 3.57. The topological polar surface area (TPSA) is 42.7 Å². The molecule has 0 spiro atoms. The number of nitrogens with zero attached hydrogens (tertiary/aromatic N) is 3. The summed E-state index contributed by atoms with van der Waals surface area (Å²) in [4.78, 5) is 4.38. The fourth-order valence-electron chi connectivity index (χ4n) is 3.13. The molecule has 3 aromatic rings. The summed E-state index contributed by atoms with van der Waals surface area (Å²) in [5.74, 6) is 0.826. The zero-order chi connectivity index (χ0) is 15.8. The molecule has 1 aliphatic heterocycles. The Kier molecular flexibility index (Phi) is 3.65. The Morgan fingerprint density at radius 1 is 1.13 bits per heavy atom. The first-order valence-corrected chi connectivity index (χ1v) is 8.48. The second-order valence-electron chi connectivity index (χ2n) is 5.94. The number of fused-ring (bicyclic) bond motifs is 1. The molecule has 0 radical (unpaired) electrons. The van der Waals surface area contributed by atoms with Crippen LogP contribution in [0.25, 0.3) is 0 Å². The average Bonchev–Trinajstić information content (AvgIpc) is 3.03. The molecule has 5 heteroatoms. The van der Waals surface area contributed by atoms with Gasteiger partial charge in [-0.3, -0.25) is 0 Å².